The minimum Gasteiger partial charge on any atom is -0.240 e. The lowest BCUT2D eigenvalue weighted by atomic mass is 9.98. The second kappa shape index (κ2) is 9.53. The molecule has 4 rings (SSSR count). The van der Waals surface area contributed by atoms with Crippen molar-refractivity contribution in [2.75, 3.05) is 0 Å². The first-order valence-electron chi connectivity index (χ1n) is 10.4. The number of hydrogen-bond acceptors (Lipinski definition) is 6. The van der Waals surface area contributed by atoms with Crippen LogP contribution in [0.15, 0.2) is 47.5 Å². The Kier molecular flexibility index (Phi) is 6.93. The summed E-state index contributed by atoms with van der Waals surface area (Å²) in [5.74, 6) is -5.94. The maximum Gasteiger partial charge on any atom is 0.222 e. The second-order valence-corrected chi connectivity index (χ2v) is 12.1. The normalized spacial score (nSPS) is 12.2. The predicted molar refractivity (Wildman–Crippen MR) is 129 cm³/mol. The van der Waals surface area contributed by atoms with Crippen LogP contribution >= 0.6 is 22.9 Å². The van der Waals surface area contributed by atoms with E-state index in [0.29, 0.717) is 9.88 Å². The first-order chi connectivity index (χ1) is 16.8. The number of nitrogens with zero attached hydrogens (tertiary/aromatic N) is 3. The van der Waals surface area contributed by atoms with Gasteiger partial charge in [-0.1, -0.05) is 32.9 Å². The zero-order valence-corrected chi connectivity index (χ0v) is 21.5. The van der Waals surface area contributed by atoms with Gasteiger partial charge in [-0.15, -0.1) is 11.3 Å². The Morgan fingerprint density at radius 1 is 0.944 bits per heavy atom. The molecule has 4 aromatic rings. The fourth-order valence-corrected chi connectivity index (χ4v) is 6.18. The van der Waals surface area contributed by atoms with Crippen LogP contribution in [0.3, 0.4) is 0 Å². The molecule has 2 aromatic carbocycles. The molecule has 2 aromatic heterocycles. The summed E-state index contributed by atoms with van der Waals surface area (Å²) >= 11 is 7.07. The van der Waals surface area contributed by atoms with Crippen LogP contribution in [0.4, 0.5) is 17.6 Å². The summed E-state index contributed by atoms with van der Waals surface area (Å²) in [7, 11) is -4.66. The van der Waals surface area contributed by atoms with Crippen molar-refractivity contribution in [1.29, 1.82) is 0 Å². The van der Waals surface area contributed by atoms with Gasteiger partial charge in [0, 0.05) is 17.2 Å². The molecular formula is C24H18ClF4N3O2S2. The van der Waals surface area contributed by atoms with Gasteiger partial charge < -0.3 is 0 Å². The number of hydrogen-bond donors (Lipinski definition) is 0. The maximum atomic E-state index is 15.8. The van der Waals surface area contributed by atoms with Crippen LogP contribution in [0.1, 0.15) is 31.3 Å². The van der Waals surface area contributed by atoms with Gasteiger partial charge in [0.2, 0.25) is 5.28 Å². The van der Waals surface area contributed by atoms with Gasteiger partial charge in [0.15, 0.2) is 9.84 Å². The van der Waals surface area contributed by atoms with E-state index >= 15 is 8.78 Å². The van der Waals surface area contributed by atoms with Crippen LogP contribution in [0, 0.1) is 23.3 Å². The Morgan fingerprint density at radius 3 is 2.22 bits per heavy atom. The highest BCUT2D eigenvalue weighted by Gasteiger charge is 2.30. The van der Waals surface area contributed by atoms with Crippen LogP contribution in [-0.2, 0) is 21.0 Å². The van der Waals surface area contributed by atoms with E-state index in [-0.39, 0.29) is 16.7 Å². The number of rotatable bonds is 5. The van der Waals surface area contributed by atoms with E-state index in [1.165, 1.54) is 12.3 Å². The Labute approximate surface area is 213 Å². The molecule has 36 heavy (non-hydrogen) atoms. The molecule has 0 aliphatic rings. The van der Waals surface area contributed by atoms with Gasteiger partial charge in [-0.25, -0.2) is 40.9 Å². The summed E-state index contributed by atoms with van der Waals surface area (Å²) < 4.78 is 84.7. The van der Waals surface area contributed by atoms with Gasteiger partial charge in [0.1, 0.15) is 28.2 Å². The summed E-state index contributed by atoms with van der Waals surface area (Å²) in [6, 6.07) is 5.88. The van der Waals surface area contributed by atoms with Crippen molar-refractivity contribution in [2.24, 2.45) is 0 Å². The first kappa shape index (κ1) is 26.2. The van der Waals surface area contributed by atoms with Crippen molar-refractivity contribution >= 4 is 32.8 Å². The first-order valence-corrected chi connectivity index (χ1v) is 13.3. The largest absolute Gasteiger partial charge is 0.240 e. The molecule has 12 heteroatoms. The van der Waals surface area contributed by atoms with E-state index in [0.717, 1.165) is 41.7 Å². The molecule has 0 unspecified atom stereocenters. The second-order valence-electron chi connectivity index (χ2n) is 8.86. The molecule has 0 aliphatic heterocycles. The highest BCUT2D eigenvalue weighted by atomic mass is 35.5. The van der Waals surface area contributed by atoms with Crippen LogP contribution < -0.4 is 0 Å². The Balaban J connectivity index is 1.90. The number of halogens is 5. The summed E-state index contributed by atoms with van der Waals surface area (Å²) in [5, 5.41) is 0.448. The highest BCUT2D eigenvalue weighted by Crippen LogP contribution is 2.42. The van der Waals surface area contributed by atoms with Gasteiger partial charge in [-0.2, -0.15) is 0 Å². The standard InChI is InChI=1S/C24H18ClF4N3O2S2/c1-24(2,3)22-32-19(20(35-22)16-9-10-30-23(25)31-16)17-13(26)8-7-12(18(17)29)11-36(33,34)21-14(27)5-4-6-15(21)28/h4-10H,11H2,1-3H3. The smallest absolute Gasteiger partial charge is 0.222 e. The summed E-state index contributed by atoms with van der Waals surface area (Å²) in [4.78, 5) is 11.5. The lowest BCUT2D eigenvalue weighted by molar-refractivity contribution is 0.517. The van der Waals surface area contributed by atoms with E-state index in [1.54, 1.807) is 0 Å². The number of benzene rings is 2. The number of aromatic nitrogens is 3. The van der Waals surface area contributed by atoms with Crippen LogP contribution in [-0.4, -0.2) is 23.4 Å². The Bertz CT molecular complexity index is 1560. The van der Waals surface area contributed by atoms with Crippen molar-refractivity contribution < 1.29 is 26.0 Å². The summed E-state index contributed by atoms with van der Waals surface area (Å²) in [6.07, 6.45) is 1.38. The zero-order chi connectivity index (χ0) is 26.4. The van der Waals surface area contributed by atoms with Gasteiger partial charge in [-0.3, -0.25) is 0 Å². The molecular weight excluding hydrogens is 538 g/mol. The van der Waals surface area contributed by atoms with Crippen LogP contribution in [0.2, 0.25) is 5.28 Å². The van der Waals surface area contributed by atoms with E-state index in [2.05, 4.69) is 15.0 Å². The van der Waals surface area contributed by atoms with Crippen molar-refractivity contribution in [2.45, 2.75) is 36.8 Å². The van der Waals surface area contributed by atoms with Crippen molar-refractivity contribution in [3.63, 3.8) is 0 Å². The molecule has 5 nitrogen and oxygen atoms in total. The third-order valence-electron chi connectivity index (χ3n) is 5.11. The molecule has 0 aliphatic carbocycles. The lowest BCUT2D eigenvalue weighted by Crippen LogP contribution is -2.12. The Morgan fingerprint density at radius 2 is 1.61 bits per heavy atom. The maximum absolute atomic E-state index is 15.8. The van der Waals surface area contributed by atoms with Crippen molar-refractivity contribution in [3.05, 3.63) is 81.7 Å². The molecule has 0 N–H and O–H groups in total. The molecule has 0 spiro atoms. The monoisotopic (exact) mass is 555 g/mol. The minimum absolute atomic E-state index is 0.0862. The Hall–Kier alpha value is -2.89. The van der Waals surface area contributed by atoms with Gasteiger partial charge >= 0.3 is 0 Å². The lowest BCUT2D eigenvalue weighted by Gasteiger charge is -2.14. The molecule has 0 fully saturated rings. The van der Waals surface area contributed by atoms with E-state index < -0.39 is 60.3 Å². The number of sulfone groups is 1. The molecule has 0 radical (unpaired) electrons. The number of thiazole rings is 1. The predicted octanol–water partition coefficient (Wildman–Crippen LogP) is 6.75. The molecule has 188 valence electrons. The fraction of sp³-hybridized carbons (Fsp3) is 0.208. The average molecular weight is 556 g/mol. The zero-order valence-electron chi connectivity index (χ0n) is 19.1. The van der Waals surface area contributed by atoms with E-state index in [1.807, 2.05) is 20.8 Å². The van der Waals surface area contributed by atoms with Gasteiger partial charge in [-0.05, 0) is 35.9 Å². The summed E-state index contributed by atoms with van der Waals surface area (Å²) in [5.41, 5.74) is -1.40. The van der Waals surface area contributed by atoms with Gasteiger partial charge in [0.25, 0.3) is 0 Å². The van der Waals surface area contributed by atoms with E-state index in [9.17, 15) is 17.2 Å². The SMILES string of the molecule is CC(C)(C)c1nc(-c2c(F)ccc(CS(=O)(=O)c3c(F)cccc3F)c2F)c(-c2ccnc(Cl)n2)s1. The fourth-order valence-electron chi connectivity index (χ4n) is 3.43. The quantitative estimate of drug-likeness (QED) is 0.201. The third-order valence-corrected chi connectivity index (χ3v) is 8.50. The molecule has 0 saturated heterocycles. The van der Waals surface area contributed by atoms with Crippen molar-refractivity contribution in [1.82, 2.24) is 15.0 Å². The molecule has 0 amide bonds. The van der Waals surface area contributed by atoms with Crippen LogP contribution in [0.25, 0.3) is 21.8 Å². The molecule has 0 atom stereocenters. The highest BCUT2D eigenvalue weighted by molar-refractivity contribution is 7.90. The molecule has 0 saturated carbocycles. The molecule has 2 heterocycles. The minimum atomic E-state index is -4.66. The van der Waals surface area contributed by atoms with Crippen molar-refractivity contribution in [3.8, 4) is 21.8 Å². The molecule has 0 bridgehead atoms. The third kappa shape index (κ3) is 5.00. The van der Waals surface area contributed by atoms with Gasteiger partial charge in [0.05, 0.1) is 32.6 Å². The summed E-state index contributed by atoms with van der Waals surface area (Å²) in [6.45, 7) is 5.60. The van der Waals surface area contributed by atoms with Crippen LogP contribution in [0.5, 0.6) is 0 Å². The average Bonchev–Trinajstić information content (AvgIpc) is 3.21. The topological polar surface area (TPSA) is 72.8 Å². The van der Waals surface area contributed by atoms with E-state index in [4.69, 9.17) is 11.6 Å².